The maximum absolute atomic E-state index is 5.76. The lowest BCUT2D eigenvalue weighted by Gasteiger charge is -2.39. The lowest BCUT2D eigenvalue weighted by molar-refractivity contribution is -0.169. The number of nitrogens with two attached hydrogens (primary N) is 1. The van der Waals surface area contributed by atoms with Crippen LogP contribution in [-0.4, -0.2) is 32.1 Å². The van der Waals surface area contributed by atoms with Gasteiger partial charge in [0.25, 0.3) is 0 Å². The lowest BCUT2D eigenvalue weighted by Crippen LogP contribution is -2.45. The van der Waals surface area contributed by atoms with Crippen LogP contribution in [0.3, 0.4) is 0 Å². The van der Waals surface area contributed by atoms with E-state index in [0.29, 0.717) is 6.54 Å². The molecule has 0 amide bonds. The van der Waals surface area contributed by atoms with Crippen molar-refractivity contribution < 1.29 is 9.47 Å². The first-order valence-electron chi connectivity index (χ1n) is 6.74. The summed E-state index contributed by atoms with van der Waals surface area (Å²) < 4.78 is 12.6. The highest BCUT2D eigenvalue weighted by Crippen LogP contribution is 2.35. The fourth-order valence-electron chi connectivity index (χ4n) is 2.81. The van der Waals surface area contributed by atoms with Gasteiger partial charge in [0, 0.05) is 36.9 Å². The second-order valence-corrected chi connectivity index (χ2v) is 5.94. The Morgan fingerprint density at radius 3 is 2.47 bits per heavy atom. The first-order chi connectivity index (χ1) is 9.22. The first-order valence-corrected chi connectivity index (χ1v) is 7.53. The summed E-state index contributed by atoms with van der Waals surface area (Å²) in [5.41, 5.74) is 8.03. The Hall–Kier alpha value is -0.620. The molecule has 0 aromatic heterocycles. The van der Waals surface area contributed by atoms with Gasteiger partial charge >= 0.3 is 0 Å². The van der Waals surface area contributed by atoms with Crippen molar-refractivity contribution in [1.82, 2.24) is 0 Å². The molecular formula is C14H19BrN2O2. The van der Waals surface area contributed by atoms with Crippen molar-refractivity contribution in [3.8, 4) is 0 Å². The highest BCUT2D eigenvalue weighted by molar-refractivity contribution is 9.10. The smallest absolute Gasteiger partial charge is 0.171 e. The van der Waals surface area contributed by atoms with Gasteiger partial charge in [0.05, 0.1) is 18.9 Å². The normalized spacial score (nSPS) is 22.1. The molecule has 2 fully saturated rings. The molecule has 104 valence electrons. The third kappa shape index (κ3) is 2.65. The Bertz CT molecular complexity index is 451. The molecule has 0 unspecified atom stereocenters. The van der Waals surface area contributed by atoms with Crippen molar-refractivity contribution in [2.45, 2.75) is 25.2 Å². The van der Waals surface area contributed by atoms with E-state index in [1.165, 1.54) is 5.69 Å². The zero-order chi connectivity index (χ0) is 13.3. The maximum Gasteiger partial charge on any atom is 0.171 e. The number of hydrogen-bond donors (Lipinski definition) is 1. The van der Waals surface area contributed by atoms with E-state index in [4.69, 9.17) is 15.2 Å². The Morgan fingerprint density at radius 2 is 1.89 bits per heavy atom. The molecule has 0 bridgehead atoms. The summed E-state index contributed by atoms with van der Waals surface area (Å²) in [4.78, 5) is 2.38. The number of hydrogen-bond acceptors (Lipinski definition) is 4. The molecule has 2 N–H and O–H groups in total. The third-order valence-electron chi connectivity index (χ3n) is 3.93. The van der Waals surface area contributed by atoms with Gasteiger partial charge in [0.2, 0.25) is 0 Å². The summed E-state index contributed by atoms with van der Waals surface area (Å²) in [5, 5.41) is 0. The number of benzene rings is 1. The molecule has 0 saturated carbocycles. The summed E-state index contributed by atoms with van der Waals surface area (Å²) in [6, 6.07) is 6.33. The molecule has 19 heavy (non-hydrogen) atoms. The van der Waals surface area contributed by atoms with Gasteiger partial charge in [-0.15, -0.1) is 0 Å². The average molecular weight is 327 g/mol. The maximum atomic E-state index is 5.76. The summed E-state index contributed by atoms with van der Waals surface area (Å²) in [6.45, 7) is 3.95. The van der Waals surface area contributed by atoms with Crippen LogP contribution in [0.15, 0.2) is 22.7 Å². The molecule has 0 aliphatic carbocycles. The number of nitrogens with zero attached hydrogens (tertiary/aromatic N) is 1. The summed E-state index contributed by atoms with van der Waals surface area (Å²) in [5.74, 6) is -0.305. The zero-order valence-corrected chi connectivity index (χ0v) is 12.5. The fraction of sp³-hybridized carbons (Fsp3) is 0.571. The zero-order valence-electron chi connectivity index (χ0n) is 10.9. The third-order valence-corrected chi connectivity index (χ3v) is 4.56. The van der Waals surface area contributed by atoms with E-state index in [2.05, 4.69) is 39.0 Å². The molecule has 0 atom stereocenters. The Labute approximate surface area is 122 Å². The molecule has 1 aromatic rings. The number of halogens is 1. The van der Waals surface area contributed by atoms with Crippen molar-refractivity contribution in [2.75, 3.05) is 31.2 Å². The Balaban J connectivity index is 1.71. The quantitative estimate of drug-likeness (QED) is 0.905. The molecule has 1 aromatic carbocycles. The Morgan fingerprint density at radius 1 is 1.21 bits per heavy atom. The predicted octanol–water partition coefficient (Wildman–Crippen LogP) is 2.25. The molecule has 2 aliphatic heterocycles. The summed E-state index contributed by atoms with van der Waals surface area (Å²) >= 11 is 3.64. The van der Waals surface area contributed by atoms with Crippen LogP contribution in [0.2, 0.25) is 0 Å². The number of anilines is 1. The largest absolute Gasteiger partial charge is 0.370 e. The molecule has 0 radical (unpaired) electrons. The van der Waals surface area contributed by atoms with Gasteiger partial charge in [-0.2, -0.15) is 0 Å². The average Bonchev–Trinajstić information content (AvgIpc) is 2.88. The van der Waals surface area contributed by atoms with Crippen LogP contribution in [0.4, 0.5) is 5.69 Å². The van der Waals surface area contributed by atoms with Crippen molar-refractivity contribution in [3.05, 3.63) is 28.2 Å². The molecule has 1 spiro atoms. The van der Waals surface area contributed by atoms with Gasteiger partial charge < -0.3 is 20.1 Å². The van der Waals surface area contributed by atoms with Crippen LogP contribution in [-0.2, 0) is 16.0 Å². The molecular weight excluding hydrogens is 308 g/mol. The summed E-state index contributed by atoms with van der Waals surface area (Å²) in [7, 11) is 0. The van der Waals surface area contributed by atoms with Gasteiger partial charge in [0.15, 0.2) is 5.79 Å². The van der Waals surface area contributed by atoms with Crippen LogP contribution >= 0.6 is 15.9 Å². The van der Waals surface area contributed by atoms with E-state index in [9.17, 15) is 0 Å². The molecule has 3 rings (SSSR count). The van der Waals surface area contributed by atoms with Crippen molar-refractivity contribution in [2.24, 2.45) is 5.73 Å². The van der Waals surface area contributed by atoms with E-state index in [1.54, 1.807) is 0 Å². The fourth-order valence-corrected chi connectivity index (χ4v) is 3.48. The van der Waals surface area contributed by atoms with E-state index in [-0.39, 0.29) is 5.79 Å². The van der Waals surface area contributed by atoms with Gasteiger partial charge in [0.1, 0.15) is 0 Å². The highest BCUT2D eigenvalue weighted by atomic mass is 79.9. The number of ether oxygens (including phenoxy) is 2. The monoisotopic (exact) mass is 326 g/mol. The van der Waals surface area contributed by atoms with Gasteiger partial charge in [-0.25, -0.2) is 0 Å². The first kappa shape index (κ1) is 13.4. The lowest BCUT2D eigenvalue weighted by atomic mass is 10.0. The minimum absolute atomic E-state index is 0.305. The van der Waals surface area contributed by atoms with Gasteiger partial charge in [-0.05, 0) is 33.6 Å². The van der Waals surface area contributed by atoms with Gasteiger partial charge in [-0.3, -0.25) is 0 Å². The molecule has 5 heteroatoms. The minimum Gasteiger partial charge on any atom is -0.370 e. The molecule has 2 aliphatic rings. The van der Waals surface area contributed by atoms with Crippen molar-refractivity contribution >= 4 is 21.6 Å². The second kappa shape index (κ2) is 5.40. The standard InChI is InChI=1S/C14H19BrN2O2/c15-12-9-11(10-16)1-2-13(12)17-5-3-14(4-6-17)18-7-8-19-14/h1-2,9H,3-8,10,16H2. The highest BCUT2D eigenvalue weighted by Gasteiger charge is 2.39. The van der Waals surface area contributed by atoms with Crippen LogP contribution in [0.25, 0.3) is 0 Å². The van der Waals surface area contributed by atoms with E-state index in [0.717, 1.165) is 49.2 Å². The van der Waals surface area contributed by atoms with Gasteiger partial charge in [-0.1, -0.05) is 6.07 Å². The SMILES string of the molecule is NCc1ccc(N2CCC3(CC2)OCCO3)c(Br)c1. The predicted molar refractivity (Wildman–Crippen MR) is 78.1 cm³/mol. The second-order valence-electron chi connectivity index (χ2n) is 5.08. The molecule has 2 saturated heterocycles. The minimum atomic E-state index is -0.305. The molecule has 4 nitrogen and oxygen atoms in total. The topological polar surface area (TPSA) is 47.7 Å². The van der Waals surface area contributed by atoms with Crippen LogP contribution < -0.4 is 10.6 Å². The van der Waals surface area contributed by atoms with E-state index in [1.807, 2.05) is 0 Å². The van der Waals surface area contributed by atoms with Crippen molar-refractivity contribution in [1.29, 1.82) is 0 Å². The summed E-state index contributed by atoms with van der Waals surface area (Å²) in [6.07, 6.45) is 1.86. The van der Waals surface area contributed by atoms with Crippen LogP contribution in [0.5, 0.6) is 0 Å². The van der Waals surface area contributed by atoms with Crippen LogP contribution in [0.1, 0.15) is 18.4 Å². The van der Waals surface area contributed by atoms with E-state index >= 15 is 0 Å². The van der Waals surface area contributed by atoms with Crippen LogP contribution in [0, 0.1) is 0 Å². The number of piperidine rings is 1. The Kier molecular flexibility index (Phi) is 3.80. The van der Waals surface area contributed by atoms with Crippen molar-refractivity contribution in [3.63, 3.8) is 0 Å². The van der Waals surface area contributed by atoms with E-state index < -0.39 is 0 Å². The molecule has 2 heterocycles. The number of rotatable bonds is 2.